The van der Waals surface area contributed by atoms with Crippen molar-refractivity contribution in [3.63, 3.8) is 0 Å². The standard InChI is InChI=1S/C46H80N6O8/c1-14-31(6)41(51(11)45(56)35(29(2)3)27-38(30(4)5)50(9)10)39(58-12)28-40(53)52-24-18-22-37(52)42(59-13)32(7)43(54)49-36(26-34-20-16-15-17-21-34)44(55)48-23-19-25-60-46(57)33(8)47/h15-17,20-21,29-33,35-39,41-42H,14,18-19,22-28,47H2,1-13H3,(H,48,55)(H,49,54)/t31-,32+,33-,35-,36-,37-,38+,39+,41-,42+/m0/s1. The quantitative estimate of drug-likeness (QED) is 0.0904. The van der Waals surface area contributed by atoms with Gasteiger partial charge >= 0.3 is 5.97 Å². The third kappa shape index (κ3) is 15.4. The minimum Gasteiger partial charge on any atom is -0.464 e. The zero-order valence-corrected chi connectivity index (χ0v) is 39.1. The van der Waals surface area contributed by atoms with Gasteiger partial charge in [0, 0.05) is 52.7 Å². The lowest BCUT2D eigenvalue weighted by Crippen LogP contribution is -2.55. The summed E-state index contributed by atoms with van der Waals surface area (Å²) in [4.78, 5) is 73.8. The van der Waals surface area contributed by atoms with Crippen LogP contribution in [0.3, 0.4) is 0 Å². The van der Waals surface area contributed by atoms with Crippen LogP contribution in [0.5, 0.6) is 0 Å². The van der Waals surface area contributed by atoms with E-state index in [-0.39, 0.29) is 85.5 Å². The Bertz CT molecular complexity index is 1470. The molecule has 0 saturated carbocycles. The second-order valence-corrected chi connectivity index (χ2v) is 17.8. The van der Waals surface area contributed by atoms with Crippen LogP contribution in [0.1, 0.15) is 99.5 Å². The molecule has 0 bridgehead atoms. The summed E-state index contributed by atoms with van der Waals surface area (Å²) in [6.07, 6.45) is 2.43. The third-order valence-electron chi connectivity index (χ3n) is 12.5. The minimum absolute atomic E-state index is 0.0580. The molecule has 0 aliphatic carbocycles. The molecular formula is C46H80N6O8. The van der Waals surface area contributed by atoms with E-state index in [4.69, 9.17) is 19.9 Å². The fourth-order valence-electron chi connectivity index (χ4n) is 8.64. The normalized spacial score (nSPS) is 18.9. The summed E-state index contributed by atoms with van der Waals surface area (Å²) in [5.41, 5.74) is 6.43. The number of carbonyl (C=O) groups is 5. The number of likely N-dealkylation sites (N-methyl/N-ethyl adjacent to an activating group) is 1. The number of hydrogen-bond donors (Lipinski definition) is 3. The van der Waals surface area contributed by atoms with Gasteiger partial charge < -0.3 is 45.3 Å². The number of likely N-dealkylation sites (tertiary alicyclic amines) is 1. The Kier molecular flexibility index (Phi) is 22.8. The summed E-state index contributed by atoms with van der Waals surface area (Å²) < 4.78 is 17.2. The zero-order valence-electron chi connectivity index (χ0n) is 39.1. The number of ether oxygens (including phenoxy) is 3. The molecule has 10 atom stereocenters. The first-order chi connectivity index (χ1) is 28.3. The number of esters is 1. The highest BCUT2D eigenvalue weighted by atomic mass is 16.5. The molecule has 342 valence electrons. The number of nitrogens with two attached hydrogens (primary N) is 1. The predicted molar refractivity (Wildman–Crippen MR) is 236 cm³/mol. The van der Waals surface area contributed by atoms with Crippen molar-refractivity contribution in [1.29, 1.82) is 0 Å². The first kappa shape index (κ1) is 52.5. The van der Waals surface area contributed by atoms with E-state index in [0.29, 0.717) is 25.3 Å². The molecule has 1 aromatic carbocycles. The lowest BCUT2D eigenvalue weighted by molar-refractivity contribution is -0.148. The first-order valence-corrected chi connectivity index (χ1v) is 22.1. The molecule has 1 aromatic rings. The molecule has 0 aromatic heterocycles. The van der Waals surface area contributed by atoms with Crippen LogP contribution >= 0.6 is 0 Å². The molecule has 14 heteroatoms. The van der Waals surface area contributed by atoms with Gasteiger partial charge in [0.15, 0.2) is 0 Å². The van der Waals surface area contributed by atoms with Crippen LogP contribution in [0.4, 0.5) is 0 Å². The molecule has 1 heterocycles. The molecule has 14 nitrogen and oxygen atoms in total. The van der Waals surface area contributed by atoms with E-state index in [1.165, 1.54) is 0 Å². The Hall–Kier alpha value is -3.59. The number of carbonyl (C=O) groups excluding carboxylic acids is 5. The summed E-state index contributed by atoms with van der Waals surface area (Å²) in [6.45, 7) is 16.9. The molecule has 1 saturated heterocycles. The van der Waals surface area contributed by atoms with E-state index in [0.717, 1.165) is 24.8 Å². The molecule has 0 spiro atoms. The van der Waals surface area contributed by atoms with Gasteiger partial charge in [0.1, 0.15) is 12.1 Å². The number of rotatable bonds is 26. The van der Waals surface area contributed by atoms with Gasteiger partial charge in [-0.05, 0) is 70.0 Å². The second-order valence-electron chi connectivity index (χ2n) is 17.8. The van der Waals surface area contributed by atoms with Crippen molar-refractivity contribution in [3.05, 3.63) is 35.9 Å². The van der Waals surface area contributed by atoms with E-state index in [9.17, 15) is 24.0 Å². The van der Waals surface area contributed by atoms with E-state index in [1.807, 2.05) is 47.2 Å². The Morgan fingerprint density at radius 3 is 2.10 bits per heavy atom. The van der Waals surface area contributed by atoms with Gasteiger partial charge in [0.2, 0.25) is 23.6 Å². The molecule has 0 radical (unpaired) electrons. The fourth-order valence-corrected chi connectivity index (χ4v) is 8.64. The average Bonchev–Trinajstić information content (AvgIpc) is 3.69. The smallest absolute Gasteiger partial charge is 0.322 e. The topological polar surface area (TPSA) is 173 Å². The summed E-state index contributed by atoms with van der Waals surface area (Å²) >= 11 is 0. The van der Waals surface area contributed by atoms with Gasteiger partial charge in [0.25, 0.3) is 0 Å². The van der Waals surface area contributed by atoms with Crippen molar-refractivity contribution < 1.29 is 38.2 Å². The largest absolute Gasteiger partial charge is 0.464 e. The van der Waals surface area contributed by atoms with Crippen molar-refractivity contribution in [2.75, 3.05) is 55.1 Å². The highest BCUT2D eigenvalue weighted by Crippen LogP contribution is 2.31. The highest BCUT2D eigenvalue weighted by Gasteiger charge is 2.43. The molecule has 1 aliphatic rings. The summed E-state index contributed by atoms with van der Waals surface area (Å²) in [5.74, 6) is -1.65. The molecule has 0 unspecified atom stereocenters. The minimum atomic E-state index is -0.887. The maximum atomic E-state index is 14.4. The molecule has 2 rings (SSSR count). The van der Waals surface area contributed by atoms with Crippen molar-refractivity contribution in [1.82, 2.24) is 25.3 Å². The van der Waals surface area contributed by atoms with Crippen LogP contribution in [0.15, 0.2) is 30.3 Å². The monoisotopic (exact) mass is 845 g/mol. The Labute approximate surface area is 361 Å². The van der Waals surface area contributed by atoms with Crippen LogP contribution in [-0.4, -0.2) is 142 Å². The number of benzene rings is 1. The third-order valence-corrected chi connectivity index (χ3v) is 12.5. The molecule has 1 aliphatic heterocycles. The van der Waals surface area contributed by atoms with E-state index < -0.39 is 36.2 Å². The van der Waals surface area contributed by atoms with E-state index in [1.54, 1.807) is 28.1 Å². The van der Waals surface area contributed by atoms with Gasteiger partial charge in [-0.25, -0.2) is 0 Å². The predicted octanol–water partition coefficient (Wildman–Crippen LogP) is 4.28. The maximum Gasteiger partial charge on any atom is 0.322 e. The number of hydrogen-bond acceptors (Lipinski definition) is 10. The highest BCUT2D eigenvalue weighted by molar-refractivity contribution is 5.89. The van der Waals surface area contributed by atoms with Crippen LogP contribution in [0.2, 0.25) is 0 Å². The summed E-state index contributed by atoms with van der Waals surface area (Å²) in [5, 5.41) is 5.82. The van der Waals surface area contributed by atoms with Crippen molar-refractivity contribution in [2.45, 2.75) is 143 Å². The number of amides is 4. The van der Waals surface area contributed by atoms with Crippen LogP contribution in [0, 0.1) is 29.6 Å². The van der Waals surface area contributed by atoms with Crippen LogP contribution < -0.4 is 16.4 Å². The van der Waals surface area contributed by atoms with Crippen molar-refractivity contribution >= 4 is 29.6 Å². The van der Waals surface area contributed by atoms with E-state index in [2.05, 4.69) is 71.2 Å². The second kappa shape index (κ2) is 26.0. The Balaban J connectivity index is 2.26. The van der Waals surface area contributed by atoms with Gasteiger partial charge in [0.05, 0.1) is 43.2 Å². The lowest BCUT2D eigenvalue weighted by atomic mass is 9.82. The molecule has 1 fully saturated rings. The lowest BCUT2D eigenvalue weighted by Gasteiger charge is -2.41. The first-order valence-electron chi connectivity index (χ1n) is 22.1. The Morgan fingerprint density at radius 1 is 0.917 bits per heavy atom. The molecule has 60 heavy (non-hydrogen) atoms. The van der Waals surface area contributed by atoms with E-state index >= 15 is 0 Å². The zero-order chi connectivity index (χ0) is 45.3. The Morgan fingerprint density at radius 2 is 1.57 bits per heavy atom. The summed E-state index contributed by atoms with van der Waals surface area (Å²) in [7, 11) is 9.15. The van der Waals surface area contributed by atoms with Gasteiger partial charge in [-0.2, -0.15) is 0 Å². The molecule has 4 N–H and O–H groups in total. The number of nitrogens with zero attached hydrogens (tertiary/aromatic N) is 3. The molecular weight excluding hydrogens is 765 g/mol. The SMILES string of the molecule is CC[C@H](C)[C@@H]([C@@H](CC(=O)N1CCC[C@H]1[C@H](OC)[C@@H](C)C(=O)N[C@@H](Cc1ccccc1)C(=O)NCCCOC(=O)[C@H](C)N)OC)N(C)C(=O)[C@@H](C[C@H](C(C)C)N(C)C)C(C)C. The van der Waals surface area contributed by atoms with Crippen LogP contribution in [0.25, 0.3) is 0 Å². The number of methoxy groups -OCH3 is 2. The summed E-state index contributed by atoms with van der Waals surface area (Å²) in [6, 6.07) is 7.33. The maximum absolute atomic E-state index is 14.4. The number of nitrogens with one attached hydrogen (secondary N) is 2. The average molecular weight is 845 g/mol. The van der Waals surface area contributed by atoms with Crippen LogP contribution in [-0.2, 0) is 44.6 Å². The van der Waals surface area contributed by atoms with Gasteiger partial charge in [-0.1, -0.05) is 85.2 Å². The van der Waals surface area contributed by atoms with Crippen molar-refractivity contribution in [2.24, 2.45) is 35.3 Å². The van der Waals surface area contributed by atoms with Gasteiger partial charge in [-0.15, -0.1) is 0 Å². The molecule has 4 amide bonds. The van der Waals surface area contributed by atoms with Crippen molar-refractivity contribution in [3.8, 4) is 0 Å². The van der Waals surface area contributed by atoms with Gasteiger partial charge in [-0.3, -0.25) is 24.0 Å². The fraction of sp³-hybridized carbons (Fsp3) is 0.761.